The molecule has 2 amide bonds. The molecule has 0 aliphatic carbocycles. The van der Waals surface area contributed by atoms with Gasteiger partial charge >= 0.3 is 0 Å². The first-order valence-electron chi connectivity index (χ1n) is 12.0. The fraction of sp³-hybridized carbons (Fsp3) is 0.310. The second-order valence-electron chi connectivity index (χ2n) is 9.18. The number of carbonyl (C=O) groups is 2. The van der Waals surface area contributed by atoms with Crippen molar-refractivity contribution in [2.75, 3.05) is 33.9 Å². The molecule has 2 atom stereocenters. The van der Waals surface area contributed by atoms with Gasteiger partial charge in [-0.25, -0.2) is 0 Å². The minimum atomic E-state index is -0.367. The summed E-state index contributed by atoms with van der Waals surface area (Å²) in [6.45, 7) is 2.09. The summed E-state index contributed by atoms with van der Waals surface area (Å²) < 4.78 is 11.2. The van der Waals surface area contributed by atoms with E-state index in [4.69, 9.17) is 9.47 Å². The molecule has 1 fully saturated rings. The first-order valence-corrected chi connectivity index (χ1v) is 12.0. The molecule has 0 radical (unpaired) electrons. The fourth-order valence-electron chi connectivity index (χ4n) is 5.35. The molecule has 0 aromatic heterocycles. The molecule has 2 aliphatic heterocycles. The number of hydrogen-bond donors (Lipinski definition) is 0. The van der Waals surface area contributed by atoms with Crippen LogP contribution in [0.15, 0.2) is 72.8 Å². The van der Waals surface area contributed by atoms with Crippen LogP contribution in [-0.4, -0.2) is 55.5 Å². The maximum absolute atomic E-state index is 14.0. The van der Waals surface area contributed by atoms with Crippen LogP contribution in [0.4, 0.5) is 0 Å². The lowest BCUT2D eigenvalue weighted by Gasteiger charge is -2.32. The van der Waals surface area contributed by atoms with Crippen LogP contribution < -0.4 is 9.47 Å². The second kappa shape index (κ2) is 9.82. The van der Waals surface area contributed by atoms with Crippen LogP contribution in [0, 0.1) is 5.92 Å². The number of rotatable bonds is 5. The highest BCUT2D eigenvalue weighted by Gasteiger charge is 2.43. The highest BCUT2D eigenvalue weighted by molar-refractivity contribution is 5.95. The number of amides is 2. The molecule has 0 saturated carbocycles. The molecule has 6 nitrogen and oxygen atoms in total. The number of ether oxygens (including phenoxy) is 2. The number of hydrogen-bond acceptors (Lipinski definition) is 4. The predicted octanol–water partition coefficient (Wildman–Crippen LogP) is 4.14. The molecule has 2 unspecified atom stereocenters. The van der Waals surface area contributed by atoms with Gasteiger partial charge in [0.25, 0.3) is 5.91 Å². The average Bonchev–Trinajstić information content (AvgIpc) is 3.37. The van der Waals surface area contributed by atoms with Crippen molar-refractivity contribution in [3.8, 4) is 11.5 Å². The quantitative estimate of drug-likeness (QED) is 0.562. The van der Waals surface area contributed by atoms with Crippen molar-refractivity contribution < 1.29 is 19.1 Å². The zero-order valence-corrected chi connectivity index (χ0v) is 20.1. The van der Waals surface area contributed by atoms with E-state index in [1.54, 1.807) is 19.1 Å². The lowest BCUT2D eigenvalue weighted by Crippen LogP contribution is -2.42. The molecule has 0 N–H and O–H groups in total. The summed E-state index contributed by atoms with van der Waals surface area (Å²) in [5.74, 6) is 0.860. The molecule has 0 spiro atoms. The van der Waals surface area contributed by atoms with Gasteiger partial charge in [0.15, 0.2) is 0 Å². The van der Waals surface area contributed by atoms with Gasteiger partial charge in [-0.2, -0.15) is 0 Å². The topological polar surface area (TPSA) is 59.1 Å². The standard InChI is InChI=1S/C29H30N2O4/c1-34-23-12-13-27(35-2)24(16-23)25-18-31(28(32)21-9-4-3-5-10-21)19-26(25)29(33)30-15-14-20-8-6-7-11-22(20)17-30/h3-13,16,25-26H,14-15,17-19H2,1-2H3. The minimum Gasteiger partial charge on any atom is -0.497 e. The summed E-state index contributed by atoms with van der Waals surface area (Å²) in [6.07, 6.45) is 0.842. The molecule has 6 heteroatoms. The number of methoxy groups -OCH3 is 2. The van der Waals surface area contributed by atoms with Crippen molar-refractivity contribution in [3.63, 3.8) is 0 Å². The normalized spacial score (nSPS) is 19.3. The summed E-state index contributed by atoms with van der Waals surface area (Å²) in [7, 11) is 3.25. The summed E-state index contributed by atoms with van der Waals surface area (Å²) >= 11 is 0. The highest BCUT2D eigenvalue weighted by Crippen LogP contribution is 2.41. The Balaban J connectivity index is 1.48. The van der Waals surface area contributed by atoms with E-state index in [9.17, 15) is 9.59 Å². The summed E-state index contributed by atoms with van der Waals surface area (Å²) in [5.41, 5.74) is 4.02. The van der Waals surface area contributed by atoms with Crippen molar-refractivity contribution in [2.24, 2.45) is 5.92 Å². The molecule has 3 aromatic carbocycles. The van der Waals surface area contributed by atoms with Gasteiger partial charge < -0.3 is 19.3 Å². The Hall–Kier alpha value is -3.80. The number of likely N-dealkylation sites (tertiary alicyclic amines) is 1. The minimum absolute atomic E-state index is 0.0586. The third-order valence-electron chi connectivity index (χ3n) is 7.22. The number of fused-ring (bicyclic) bond motifs is 1. The molecule has 180 valence electrons. The molecular weight excluding hydrogens is 440 g/mol. The Morgan fingerprint density at radius 3 is 2.31 bits per heavy atom. The van der Waals surface area contributed by atoms with E-state index in [0.29, 0.717) is 43.2 Å². The van der Waals surface area contributed by atoms with E-state index in [1.807, 2.05) is 65.6 Å². The maximum Gasteiger partial charge on any atom is 0.253 e. The smallest absolute Gasteiger partial charge is 0.253 e. The van der Waals surface area contributed by atoms with Crippen LogP contribution in [0.2, 0.25) is 0 Å². The van der Waals surface area contributed by atoms with Gasteiger partial charge in [0.2, 0.25) is 5.91 Å². The van der Waals surface area contributed by atoms with E-state index in [1.165, 1.54) is 11.1 Å². The van der Waals surface area contributed by atoms with Crippen molar-refractivity contribution in [1.82, 2.24) is 9.80 Å². The Labute approximate surface area is 206 Å². The molecule has 5 rings (SSSR count). The summed E-state index contributed by atoms with van der Waals surface area (Å²) in [5, 5.41) is 0. The van der Waals surface area contributed by atoms with Gasteiger partial charge in [0.05, 0.1) is 20.1 Å². The second-order valence-corrected chi connectivity index (χ2v) is 9.18. The van der Waals surface area contributed by atoms with Gasteiger partial charge in [0, 0.05) is 43.2 Å². The molecular formula is C29H30N2O4. The van der Waals surface area contributed by atoms with Gasteiger partial charge in [-0.05, 0) is 47.9 Å². The van der Waals surface area contributed by atoms with Crippen LogP contribution in [0.25, 0.3) is 0 Å². The van der Waals surface area contributed by atoms with Gasteiger partial charge in [-0.1, -0.05) is 42.5 Å². The third kappa shape index (κ3) is 4.48. The zero-order valence-electron chi connectivity index (χ0n) is 20.1. The molecule has 0 bridgehead atoms. The van der Waals surface area contributed by atoms with Gasteiger partial charge in [0.1, 0.15) is 11.5 Å². The van der Waals surface area contributed by atoms with Crippen LogP contribution in [-0.2, 0) is 17.8 Å². The summed E-state index contributed by atoms with van der Waals surface area (Å²) in [6, 6.07) is 23.2. The Kier molecular flexibility index (Phi) is 6.45. The van der Waals surface area contributed by atoms with Crippen LogP contribution >= 0.6 is 0 Å². The van der Waals surface area contributed by atoms with E-state index >= 15 is 0 Å². The van der Waals surface area contributed by atoms with Crippen LogP contribution in [0.3, 0.4) is 0 Å². The lowest BCUT2D eigenvalue weighted by molar-refractivity contribution is -0.136. The van der Waals surface area contributed by atoms with Crippen molar-refractivity contribution >= 4 is 11.8 Å². The number of benzene rings is 3. The predicted molar refractivity (Wildman–Crippen MR) is 134 cm³/mol. The maximum atomic E-state index is 14.0. The Morgan fingerprint density at radius 2 is 1.57 bits per heavy atom. The highest BCUT2D eigenvalue weighted by atomic mass is 16.5. The van der Waals surface area contributed by atoms with E-state index < -0.39 is 0 Å². The lowest BCUT2D eigenvalue weighted by atomic mass is 9.86. The Morgan fingerprint density at radius 1 is 0.829 bits per heavy atom. The first-order chi connectivity index (χ1) is 17.1. The largest absolute Gasteiger partial charge is 0.497 e. The van der Waals surface area contributed by atoms with Gasteiger partial charge in [-0.3, -0.25) is 9.59 Å². The van der Waals surface area contributed by atoms with E-state index in [-0.39, 0.29) is 23.7 Å². The van der Waals surface area contributed by atoms with E-state index in [0.717, 1.165) is 12.0 Å². The van der Waals surface area contributed by atoms with Crippen molar-refractivity contribution in [2.45, 2.75) is 18.9 Å². The molecule has 1 saturated heterocycles. The molecule has 3 aromatic rings. The monoisotopic (exact) mass is 470 g/mol. The zero-order chi connectivity index (χ0) is 24.4. The van der Waals surface area contributed by atoms with Crippen molar-refractivity contribution in [1.29, 1.82) is 0 Å². The number of carbonyl (C=O) groups excluding carboxylic acids is 2. The fourth-order valence-corrected chi connectivity index (χ4v) is 5.35. The molecule has 2 aliphatic rings. The SMILES string of the molecule is COc1ccc(OC)c(C2CN(C(=O)c3ccccc3)CC2C(=O)N2CCc3ccccc3C2)c1. The summed E-state index contributed by atoms with van der Waals surface area (Å²) in [4.78, 5) is 31.1. The molecule has 2 heterocycles. The average molecular weight is 471 g/mol. The molecule has 35 heavy (non-hydrogen) atoms. The Bertz CT molecular complexity index is 1230. The van der Waals surface area contributed by atoms with Crippen molar-refractivity contribution in [3.05, 3.63) is 95.1 Å². The van der Waals surface area contributed by atoms with Crippen LogP contribution in [0.5, 0.6) is 11.5 Å². The number of nitrogens with zero attached hydrogens (tertiary/aromatic N) is 2. The third-order valence-corrected chi connectivity index (χ3v) is 7.22. The van der Waals surface area contributed by atoms with E-state index in [2.05, 4.69) is 12.1 Å². The van der Waals surface area contributed by atoms with Gasteiger partial charge in [-0.15, -0.1) is 0 Å². The van der Waals surface area contributed by atoms with Crippen LogP contribution in [0.1, 0.15) is 33.0 Å². The first kappa shape index (κ1) is 23.0.